The lowest BCUT2D eigenvalue weighted by Crippen LogP contribution is -2.19. The largest absolute Gasteiger partial charge is 0.271 e. The molecule has 6 nitrogen and oxygen atoms in total. The zero-order valence-corrected chi connectivity index (χ0v) is 14.9. The Hall–Kier alpha value is -3.80. The normalized spacial score (nSPS) is 12.9. The molecule has 0 saturated heterocycles. The Morgan fingerprint density at radius 2 is 1.71 bits per heavy atom. The van der Waals surface area contributed by atoms with Crippen molar-refractivity contribution in [1.82, 2.24) is 24.6 Å². The molecule has 1 aliphatic rings. The van der Waals surface area contributed by atoms with Gasteiger partial charge in [-0.25, -0.2) is 14.5 Å². The van der Waals surface area contributed by atoms with Crippen molar-refractivity contribution in [3.63, 3.8) is 0 Å². The number of H-pyrrole nitrogens is 1. The van der Waals surface area contributed by atoms with E-state index in [0.717, 1.165) is 35.1 Å². The van der Waals surface area contributed by atoms with Gasteiger partial charge in [-0.1, -0.05) is 54.6 Å². The van der Waals surface area contributed by atoms with Crippen molar-refractivity contribution in [1.29, 1.82) is 0 Å². The van der Waals surface area contributed by atoms with Crippen LogP contribution in [-0.4, -0.2) is 24.6 Å². The maximum atomic E-state index is 13.6. The average molecular weight is 365 g/mol. The Labute approximate surface area is 159 Å². The molecule has 1 aliphatic carbocycles. The van der Waals surface area contributed by atoms with Crippen LogP contribution in [0.1, 0.15) is 11.1 Å². The highest BCUT2D eigenvalue weighted by atomic mass is 16.1. The van der Waals surface area contributed by atoms with Crippen molar-refractivity contribution < 1.29 is 0 Å². The zero-order chi connectivity index (χ0) is 18.7. The molecule has 6 rings (SSSR count). The lowest BCUT2D eigenvalue weighted by atomic mass is 9.85. The van der Waals surface area contributed by atoms with E-state index >= 15 is 0 Å². The first-order chi connectivity index (χ1) is 13.8. The molecular formula is C22H15N5O. The topological polar surface area (TPSA) is 75.9 Å². The van der Waals surface area contributed by atoms with Crippen molar-refractivity contribution in [2.75, 3.05) is 0 Å². The van der Waals surface area contributed by atoms with Gasteiger partial charge < -0.3 is 0 Å². The fourth-order valence-corrected chi connectivity index (χ4v) is 4.14. The molecule has 3 aromatic heterocycles. The molecule has 2 aromatic carbocycles. The lowest BCUT2D eigenvalue weighted by molar-refractivity contribution is 0.933. The van der Waals surface area contributed by atoms with Crippen LogP contribution in [0.3, 0.4) is 0 Å². The molecule has 5 aromatic rings. The monoisotopic (exact) mass is 365 g/mol. The van der Waals surface area contributed by atoms with Gasteiger partial charge in [0.1, 0.15) is 0 Å². The van der Waals surface area contributed by atoms with Crippen molar-refractivity contribution in [2.24, 2.45) is 0 Å². The minimum Gasteiger partial charge on any atom is -0.268 e. The molecule has 0 unspecified atom stereocenters. The maximum absolute atomic E-state index is 13.6. The molecule has 6 heteroatoms. The first-order valence-corrected chi connectivity index (χ1v) is 9.23. The summed E-state index contributed by atoms with van der Waals surface area (Å²) in [6, 6.07) is 17.9. The van der Waals surface area contributed by atoms with Gasteiger partial charge >= 0.3 is 0 Å². The van der Waals surface area contributed by atoms with E-state index < -0.39 is 0 Å². The number of aromatic amines is 1. The molecule has 0 amide bonds. The Morgan fingerprint density at radius 3 is 2.61 bits per heavy atom. The molecule has 0 spiro atoms. The lowest BCUT2D eigenvalue weighted by Gasteiger charge is -2.20. The smallest absolute Gasteiger partial charge is 0.268 e. The minimum atomic E-state index is -0.145. The highest BCUT2D eigenvalue weighted by molar-refractivity contribution is 5.96. The second-order valence-electron chi connectivity index (χ2n) is 7.00. The quantitative estimate of drug-likeness (QED) is 0.494. The molecule has 0 saturated carbocycles. The third kappa shape index (κ3) is 2.02. The van der Waals surface area contributed by atoms with E-state index in [-0.39, 0.29) is 5.56 Å². The second-order valence-corrected chi connectivity index (χ2v) is 7.00. The molecule has 0 aliphatic heterocycles. The molecule has 134 valence electrons. The average Bonchev–Trinajstić information content (AvgIpc) is 3.18. The maximum Gasteiger partial charge on any atom is 0.271 e. The number of nitrogens with zero attached hydrogens (tertiary/aromatic N) is 4. The number of nitrogens with one attached hydrogen (secondary N) is 1. The Kier molecular flexibility index (Phi) is 3.05. The molecule has 0 bridgehead atoms. The van der Waals surface area contributed by atoms with Crippen LogP contribution in [0.4, 0.5) is 0 Å². The van der Waals surface area contributed by atoms with E-state index in [9.17, 15) is 4.79 Å². The fourth-order valence-electron chi connectivity index (χ4n) is 4.14. The van der Waals surface area contributed by atoms with Crippen LogP contribution in [0.15, 0.2) is 65.6 Å². The highest BCUT2D eigenvalue weighted by Gasteiger charge is 2.23. The number of pyridine rings is 1. The van der Waals surface area contributed by atoms with Gasteiger partial charge in [0, 0.05) is 17.3 Å². The molecule has 1 N–H and O–H groups in total. The van der Waals surface area contributed by atoms with Crippen molar-refractivity contribution in [3.05, 3.63) is 82.3 Å². The molecular weight excluding hydrogens is 350 g/mol. The van der Waals surface area contributed by atoms with E-state index in [1.807, 2.05) is 48.7 Å². The van der Waals surface area contributed by atoms with Gasteiger partial charge in [0.05, 0.1) is 5.39 Å². The number of aryl methyl sites for hydroxylation is 2. The number of fused-ring (bicyclic) bond motifs is 6. The first kappa shape index (κ1) is 15.3. The Balaban J connectivity index is 1.77. The van der Waals surface area contributed by atoms with Crippen LogP contribution in [0.2, 0.25) is 0 Å². The number of hydrogen-bond donors (Lipinski definition) is 1. The second kappa shape index (κ2) is 5.60. The molecule has 0 radical (unpaired) electrons. The van der Waals surface area contributed by atoms with E-state index in [4.69, 9.17) is 0 Å². The summed E-state index contributed by atoms with van der Waals surface area (Å²) in [6.45, 7) is 0. The summed E-state index contributed by atoms with van der Waals surface area (Å²) in [5.41, 5.74) is 5.56. The van der Waals surface area contributed by atoms with Crippen LogP contribution in [0.5, 0.6) is 0 Å². The van der Waals surface area contributed by atoms with Crippen molar-refractivity contribution >= 4 is 16.8 Å². The number of aromatic nitrogens is 5. The minimum absolute atomic E-state index is 0.145. The summed E-state index contributed by atoms with van der Waals surface area (Å²) >= 11 is 0. The molecule has 28 heavy (non-hydrogen) atoms. The van der Waals surface area contributed by atoms with E-state index in [1.165, 1.54) is 5.56 Å². The summed E-state index contributed by atoms with van der Waals surface area (Å²) in [4.78, 5) is 22.7. The fraction of sp³-hybridized carbons (Fsp3) is 0.0909. The molecule has 0 atom stereocenters. The Morgan fingerprint density at radius 1 is 0.929 bits per heavy atom. The summed E-state index contributed by atoms with van der Waals surface area (Å²) in [5.74, 6) is 0.949. The van der Waals surface area contributed by atoms with Gasteiger partial charge in [0.2, 0.25) is 5.78 Å². The van der Waals surface area contributed by atoms with Crippen molar-refractivity contribution in [3.8, 4) is 22.5 Å². The van der Waals surface area contributed by atoms with Gasteiger partial charge in [0.25, 0.3) is 5.56 Å². The number of rotatable bonds is 1. The van der Waals surface area contributed by atoms with Crippen LogP contribution in [0, 0.1) is 0 Å². The SMILES string of the molecule is O=c1c2c3c(cnc2nc2[nH]nc(-c4ccccc4)n12)CCc1ccccc1-3. The third-order valence-corrected chi connectivity index (χ3v) is 5.43. The zero-order valence-electron chi connectivity index (χ0n) is 14.9. The van der Waals surface area contributed by atoms with Gasteiger partial charge in [-0.15, -0.1) is 0 Å². The van der Waals surface area contributed by atoms with Crippen LogP contribution in [0.25, 0.3) is 39.3 Å². The summed E-state index contributed by atoms with van der Waals surface area (Å²) in [5, 5.41) is 7.79. The van der Waals surface area contributed by atoms with Crippen LogP contribution >= 0.6 is 0 Å². The molecule has 0 fully saturated rings. The highest BCUT2D eigenvalue weighted by Crippen LogP contribution is 2.36. The summed E-state index contributed by atoms with van der Waals surface area (Å²) in [6.07, 6.45) is 3.67. The van der Waals surface area contributed by atoms with Crippen molar-refractivity contribution in [2.45, 2.75) is 12.8 Å². The standard InChI is InChI=1S/C22H15N5O/c28-21-18-17-15(11-10-13-6-4-5-9-16(13)17)12-23-19(18)24-22-26-25-20(27(21)22)14-7-2-1-3-8-14/h1-9,12H,10-11H2,(H,23,24,26). The van der Waals surface area contributed by atoms with Gasteiger partial charge in [0.15, 0.2) is 11.5 Å². The van der Waals surface area contributed by atoms with E-state index in [1.54, 1.807) is 4.40 Å². The summed E-state index contributed by atoms with van der Waals surface area (Å²) < 4.78 is 1.55. The number of benzene rings is 2. The predicted molar refractivity (Wildman–Crippen MR) is 107 cm³/mol. The van der Waals surface area contributed by atoms with E-state index in [0.29, 0.717) is 22.6 Å². The first-order valence-electron chi connectivity index (χ1n) is 9.23. The summed E-state index contributed by atoms with van der Waals surface area (Å²) in [7, 11) is 0. The number of hydrogen-bond acceptors (Lipinski definition) is 4. The Bertz CT molecular complexity index is 1430. The van der Waals surface area contributed by atoms with Gasteiger partial charge in [-0.3, -0.25) is 4.79 Å². The van der Waals surface area contributed by atoms with Crippen LogP contribution in [-0.2, 0) is 12.8 Å². The third-order valence-electron chi connectivity index (χ3n) is 5.43. The van der Waals surface area contributed by atoms with Gasteiger partial charge in [-0.05, 0) is 29.5 Å². The van der Waals surface area contributed by atoms with Crippen LogP contribution < -0.4 is 5.56 Å². The predicted octanol–water partition coefficient (Wildman–Crippen LogP) is 3.40. The van der Waals surface area contributed by atoms with E-state index in [2.05, 4.69) is 32.3 Å². The van der Waals surface area contributed by atoms with Gasteiger partial charge in [-0.2, -0.15) is 10.1 Å². The molecule has 3 heterocycles.